The molecule has 0 saturated carbocycles. The summed E-state index contributed by atoms with van der Waals surface area (Å²) in [6.45, 7) is 0.0746. The van der Waals surface area contributed by atoms with Crippen molar-refractivity contribution >= 4 is 5.91 Å². The van der Waals surface area contributed by atoms with E-state index in [0.717, 1.165) is 0 Å². The standard InChI is InChI=1S/C9H12N2O4/c10-9(14)5-15-11-4-6-1-2-7(12)8(13)3-6/h1-3,11-13H,4-5H2,(H2,10,14). The number of rotatable bonds is 5. The van der Waals surface area contributed by atoms with Crippen molar-refractivity contribution in [3.63, 3.8) is 0 Å². The second-order valence-electron chi connectivity index (χ2n) is 2.90. The van der Waals surface area contributed by atoms with Crippen molar-refractivity contribution in [2.24, 2.45) is 5.73 Å². The zero-order valence-corrected chi connectivity index (χ0v) is 7.93. The minimum absolute atomic E-state index is 0.184. The molecule has 15 heavy (non-hydrogen) atoms. The van der Waals surface area contributed by atoms with Gasteiger partial charge in [0.1, 0.15) is 6.61 Å². The van der Waals surface area contributed by atoms with Crippen LogP contribution in [-0.4, -0.2) is 22.7 Å². The van der Waals surface area contributed by atoms with Crippen molar-refractivity contribution in [1.82, 2.24) is 5.48 Å². The maximum absolute atomic E-state index is 10.3. The van der Waals surface area contributed by atoms with E-state index in [4.69, 9.17) is 20.8 Å². The monoisotopic (exact) mass is 212 g/mol. The lowest BCUT2D eigenvalue weighted by molar-refractivity contribution is -0.125. The Hall–Kier alpha value is -1.79. The van der Waals surface area contributed by atoms with Crippen LogP contribution in [0.1, 0.15) is 5.56 Å². The predicted molar refractivity (Wildman–Crippen MR) is 51.8 cm³/mol. The molecule has 1 aromatic carbocycles. The van der Waals surface area contributed by atoms with E-state index in [1.807, 2.05) is 0 Å². The fraction of sp³-hybridized carbons (Fsp3) is 0.222. The van der Waals surface area contributed by atoms with Crippen molar-refractivity contribution in [3.8, 4) is 11.5 Å². The van der Waals surface area contributed by atoms with Gasteiger partial charge in [0.25, 0.3) is 0 Å². The number of hydrogen-bond acceptors (Lipinski definition) is 5. The van der Waals surface area contributed by atoms with Crippen LogP contribution in [0.15, 0.2) is 18.2 Å². The van der Waals surface area contributed by atoms with E-state index in [1.54, 1.807) is 6.07 Å². The number of nitrogens with two attached hydrogens (primary N) is 1. The summed E-state index contributed by atoms with van der Waals surface area (Å²) in [6.07, 6.45) is 0. The number of primary amides is 1. The Morgan fingerprint density at radius 2 is 2.13 bits per heavy atom. The van der Waals surface area contributed by atoms with E-state index in [1.165, 1.54) is 12.1 Å². The van der Waals surface area contributed by atoms with Gasteiger partial charge < -0.3 is 15.9 Å². The van der Waals surface area contributed by atoms with Crippen LogP contribution >= 0.6 is 0 Å². The number of amides is 1. The molecule has 5 N–H and O–H groups in total. The number of carbonyl (C=O) groups excluding carboxylic acids is 1. The fourth-order valence-electron chi connectivity index (χ4n) is 0.935. The summed E-state index contributed by atoms with van der Waals surface area (Å²) in [5.74, 6) is -0.961. The van der Waals surface area contributed by atoms with E-state index < -0.39 is 5.91 Å². The Bertz CT molecular complexity index is 354. The minimum Gasteiger partial charge on any atom is -0.504 e. The highest BCUT2D eigenvalue weighted by Gasteiger charge is 2.00. The quantitative estimate of drug-likeness (QED) is 0.302. The van der Waals surface area contributed by atoms with Gasteiger partial charge >= 0.3 is 0 Å². The van der Waals surface area contributed by atoms with Crippen LogP contribution in [0.3, 0.4) is 0 Å². The Balaban J connectivity index is 2.38. The molecule has 0 unspecified atom stereocenters. The molecule has 0 aliphatic rings. The molecular formula is C9H12N2O4. The predicted octanol–water partition coefficient (Wildman–Crippen LogP) is -0.396. The van der Waals surface area contributed by atoms with Gasteiger partial charge in [-0.2, -0.15) is 5.48 Å². The Morgan fingerprint density at radius 3 is 2.73 bits per heavy atom. The van der Waals surface area contributed by atoms with Crippen molar-refractivity contribution in [3.05, 3.63) is 23.8 Å². The van der Waals surface area contributed by atoms with Crippen LogP contribution in [0.5, 0.6) is 11.5 Å². The van der Waals surface area contributed by atoms with Gasteiger partial charge in [0.15, 0.2) is 11.5 Å². The molecule has 0 saturated heterocycles. The molecule has 0 aromatic heterocycles. The normalized spacial score (nSPS) is 10.1. The minimum atomic E-state index is -0.573. The van der Waals surface area contributed by atoms with Gasteiger partial charge in [-0.05, 0) is 17.7 Å². The van der Waals surface area contributed by atoms with E-state index in [0.29, 0.717) is 12.1 Å². The number of hydroxylamine groups is 1. The van der Waals surface area contributed by atoms with Crippen LogP contribution in [0, 0.1) is 0 Å². The molecule has 0 aliphatic heterocycles. The lowest BCUT2D eigenvalue weighted by Gasteiger charge is -2.05. The molecule has 1 rings (SSSR count). The summed E-state index contributed by atoms with van der Waals surface area (Å²) < 4.78 is 0. The highest BCUT2D eigenvalue weighted by atomic mass is 16.6. The number of hydrogen-bond donors (Lipinski definition) is 4. The summed E-state index contributed by atoms with van der Waals surface area (Å²) in [7, 11) is 0. The van der Waals surface area contributed by atoms with Crippen molar-refractivity contribution in [2.75, 3.05) is 6.61 Å². The summed E-state index contributed by atoms with van der Waals surface area (Å²) >= 11 is 0. The number of phenolic OH excluding ortho intramolecular Hbond substituents is 2. The van der Waals surface area contributed by atoms with E-state index in [-0.39, 0.29) is 18.1 Å². The zero-order valence-electron chi connectivity index (χ0n) is 7.93. The second kappa shape index (κ2) is 5.18. The molecule has 0 fully saturated rings. The maximum atomic E-state index is 10.3. The van der Waals surface area contributed by atoms with E-state index in [9.17, 15) is 4.79 Å². The SMILES string of the molecule is NC(=O)CONCc1ccc(O)c(O)c1. The highest BCUT2D eigenvalue weighted by molar-refractivity contribution is 5.74. The molecule has 0 heterocycles. The highest BCUT2D eigenvalue weighted by Crippen LogP contribution is 2.24. The van der Waals surface area contributed by atoms with Crippen molar-refractivity contribution < 1.29 is 19.8 Å². The third-order valence-corrected chi connectivity index (χ3v) is 1.63. The topological polar surface area (TPSA) is 105 Å². The molecular weight excluding hydrogens is 200 g/mol. The number of nitrogens with one attached hydrogen (secondary N) is 1. The average molecular weight is 212 g/mol. The molecule has 0 atom stereocenters. The fourth-order valence-corrected chi connectivity index (χ4v) is 0.935. The third-order valence-electron chi connectivity index (χ3n) is 1.63. The lowest BCUT2D eigenvalue weighted by atomic mass is 10.2. The zero-order chi connectivity index (χ0) is 11.3. The molecule has 1 amide bonds. The Kier molecular flexibility index (Phi) is 3.90. The second-order valence-corrected chi connectivity index (χ2v) is 2.90. The summed E-state index contributed by atoms with van der Waals surface area (Å²) in [4.78, 5) is 15.0. The third kappa shape index (κ3) is 3.84. The number of carbonyl (C=O) groups is 1. The first kappa shape index (κ1) is 11.3. The molecule has 1 aromatic rings. The summed E-state index contributed by atoms with van der Waals surface area (Å²) in [5.41, 5.74) is 8.03. The van der Waals surface area contributed by atoms with Gasteiger partial charge in [-0.15, -0.1) is 0 Å². The number of phenols is 2. The van der Waals surface area contributed by atoms with Gasteiger partial charge in [-0.3, -0.25) is 9.63 Å². The largest absolute Gasteiger partial charge is 0.504 e. The Labute approximate surface area is 86.2 Å². The summed E-state index contributed by atoms with van der Waals surface area (Å²) in [5, 5.41) is 18.2. The van der Waals surface area contributed by atoms with Crippen LogP contribution in [0.4, 0.5) is 0 Å². The van der Waals surface area contributed by atoms with Crippen molar-refractivity contribution in [1.29, 1.82) is 0 Å². The van der Waals surface area contributed by atoms with Gasteiger partial charge in [0.2, 0.25) is 5.91 Å². The average Bonchev–Trinajstić information content (AvgIpc) is 2.18. The first-order valence-corrected chi connectivity index (χ1v) is 4.23. The van der Waals surface area contributed by atoms with E-state index in [2.05, 4.69) is 5.48 Å². The molecule has 0 aliphatic carbocycles. The number of aromatic hydroxyl groups is 2. The van der Waals surface area contributed by atoms with Crippen LogP contribution in [0.2, 0.25) is 0 Å². The summed E-state index contributed by atoms with van der Waals surface area (Å²) in [6, 6.07) is 4.35. The van der Waals surface area contributed by atoms with Crippen LogP contribution < -0.4 is 11.2 Å². The molecule has 0 spiro atoms. The molecule has 6 heteroatoms. The maximum Gasteiger partial charge on any atom is 0.245 e. The first-order chi connectivity index (χ1) is 7.09. The van der Waals surface area contributed by atoms with Gasteiger partial charge in [-0.1, -0.05) is 6.07 Å². The smallest absolute Gasteiger partial charge is 0.245 e. The molecule has 6 nitrogen and oxygen atoms in total. The Morgan fingerprint density at radius 1 is 1.40 bits per heavy atom. The molecule has 82 valence electrons. The van der Waals surface area contributed by atoms with Gasteiger partial charge in [-0.25, -0.2) is 0 Å². The number of benzene rings is 1. The van der Waals surface area contributed by atoms with E-state index >= 15 is 0 Å². The van der Waals surface area contributed by atoms with Crippen molar-refractivity contribution in [2.45, 2.75) is 6.54 Å². The lowest BCUT2D eigenvalue weighted by Crippen LogP contribution is -2.24. The first-order valence-electron chi connectivity index (χ1n) is 4.23. The van der Waals surface area contributed by atoms with Crippen LogP contribution in [-0.2, 0) is 16.2 Å². The van der Waals surface area contributed by atoms with Gasteiger partial charge in [0, 0.05) is 6.54 Å². The molecule has 0 radical (unpaired) electrons. The molecule has 0 bridgehead atoms. The van der Waals surface area contributed by atoms with Crippen LogP contribution in [0.25, 0.3) is 0 Å². The van der Waals surface area contributed by atoms with Gasteiger partial charge in [0.05, 0.1) is 0 Å².